The summed E-state index contributed by atoms with van der Waals surface area (Å²) in [6.07, 6.45) is 7.20. The van der Waals surface area contributed by atoms with E-state index < -0.39 is 8.32 Å². The van der Waals surface area contributed by atoms with E-state index in [4.69, 9.17) is 4.43 Å². The highest BCUT2D eigenvalue weighted by molar-refractivity contribution is 6.74. The minimum atomic E-state index is -1.73. The number of unbranched alkanes of at least 4 members (excludes halogenated alkanes) is 3. The zero-order valence-electron chi connectivity index (χ0n) is 14.5. The smallest absolute Gasteiger partial charge is 0.192 e. The maximum atomic E-state index is 10.3. The van der Waals surface area contributed by atoms with Crippen LogP contribution < -0.4 is 0 Å². The van der Waals surface area contributed by atoms with Crippen LogP contribution in [0.2, 0.25) is 18.1 Å². The lowest BCUT2D eigenvalue weighted by Crippen LogP contribution is -2.42. The molecule has 0 unspecified atom stereocenters. The predicted molar refractivity (Wildman–Crippen MR) is 91.6 cm³/mol. The van der Waals surface area contributed by atoms with E-state index in [1.807, 2.05) is 6.08 Å². The average molecular weight is 301 g/mol. The van der Waals surface area contributed by atoms with E-state index in [9.17, 15) is 5.11 Å². The summed E-state index contributed by atoms with van der Waals surface area (Å²) in [6, 6.07) is 0. The first kappa shape index (κ1) is 19.9. The monoisotopic (exact) mass is 300 g/mol. The van der Waals surface area contributed by atoms with Gasteiger partial charge >= 0.3 is 0 Å². The van der Waals surface area contributed by atoms with E-state index >= 15 is 0 Å². The second kappa shape index (κ2) is 9.01. The first-order chi connectivity index (χ1) is 9.15. The van der Waals surface area contributed by atoms with Crippen molar-refractivity contribution >= 4 is 8.32 Å². The van der Waals surface area contributed by atoms with Gasteiger partial charge in [-0.25, -0.2) is 0 Å². The van der Waals surface area contributed by atoms with Crippen LogP contribution in [0.1, 0.15) is 59.8 Å². The van der Waals surface area contributed by atoms with Crippen molar-refractivity contribution in [1.82, 2.24) is 0 Å². The van der Waals surface area contributed by atoms with Crippen molar-refractivity contribution < 1.29 is 9.53 Å². The molecule has 0 fully saturated rings. The molecule has 0 aliphatic rings. The normalized spacial score (nSPS) is 15.9. The number of aliphatic hydroxyl groups is 1. The molecule has 0 aliphatic carbocycles. The summed E-state index contributed by atoms with van der Waals surface area (Å²) < 4.78 is 6.20. The summed E-state index contributed by atoms with van der Waals surface area (Å²) in [5.41, 5.74) is 0. The fraction of sp³-hybridized carbons (Fsp3) is 0.882. The van der Waals surface area contributed by atoms with Crippen molar-refractivity contribution in [3.05, 3.63) is 12.7 Å². The summed E-state index contributed by atoms with van der Waals surface area (Å²) in [5, 5.41) is 10.5. The van der Waals surface area contributed by atoms with Gasteiger partial charge in [-0.15, -0.1) is 6.58 Å². The summed E-state index contributed by atoms with van der Waals surface area (Å²) in [7, 11) is -1.73. The first-order valence-corrected chi connectivity index (χ1v) is 11.0. The van der Waals surface area contributed by atoms with Crippen LogP contribution in [0.3, 0.4) is 0 Å². The van der Waals surface area contributed by atoms with Crippen LogP contribution >= 0.6 is 0 Å². The van der Waals surface area contributed by atoms with E-state index in [0.29, 0.717) is 6.61 Å². The van der Waals surface area contributed by atoms with Gasteiger partial charge in [-0.05, 0) is 24.6 Å². The fourth-order valence-electron chi connectivity index (χ4n) is 1.85. The Balaban J connectivity index is 4.24. The molecular weight excluding hydrogens is 264 g/mol. The Morgan fingerprint density at radius 2 is 1.80 bits per heavy atom. The van der Waals surface area contributed by atoms with E-state index in [-0.39, 0.29) is 17.1 Å². The lowest BCUT2D eigenvalue weighted by molar-refractivity contribution is 0.0853. The average Bonchev–Trinajstić information content (AvgIpc) is 2.34. The van der Waals surface area contributed by atoms with Crippen molar-refractivity contribution in [1.29, 1.82) is 0 Å². The Bertz CT molecular complexity index is 269. The number of rotatable bonds is 10. The molecule has 0 spiro atoms. The molecule has 0 amide bonds. The molecule has 0 heterocycles. The Morgan fingerprint density at radius 3 is 2.25 bits per heavy atom. The topological polar surface area (TPSA) is 29.5 Å². The number of aliphatic hydroxyl groups excluding tert-OH is 1. The van der Waals surface area contributed by atoms with Gasteiger partial charge in [0.25, 0.3) is 0 Å². The van der Waals surface area contributed by atoms with E-state index in [0.717, 1.165) is 12.8 Å². The summed E-state index contributed by atoms with van der Waals surface area (Å²) in [4.78, 5) is 0. The molecule has 0 saturated carbocycles. The molecule has 0 radical (unpaired) electrons. The van der Waals surface area contributed by atoms with Gasteiger partial charge in [-0.3, -0.25) is 0 Å². The maximum absolute atomic E-state index is 10.3. The lowest BCUT2D eigenvalue weighted by atomic mass is 9.98. The van der Waals surface area contributed by atoms with Gasteiger partial charge < -0.3 is 9.53 Å². The van der Waals surface area contributed by atoms with Crippen molar-refractivity contribution in [3.63, 3.8) is 0 Å². The van der Waals surface area contributed by atoms with Gasteiger partial charge in [-0.2, -0.15) is 0 Å². The summed E-state index contributed by atoms with van der Waals surface area (Å²) in [5.74, 6) is 0.0609. The molecule has 2 atom stereocenters. The third-order valence-corrected chi connectivity index (χ3v) is 9.09. The fourth-order valence-corrected chi connectivity index (χ4v) is 2.89. The van der Waals surface area contributed by atoms with Gasteiger partial charge in [0, 0.05) is 12.5 Å². The maximum Gasteiger partial charge on any atom is 0.192 e. The highest BCUT2D eigenvalue weighted by atomic mass is 28.4. The number of hydrogen-bond acceptors (Lipinski definition) is 2. The van der Waals surface area contributed by atoms with E-state index in [1.165, 1.54) is 19.3 Å². The zero-order chi connectivity index (χ0) is 15.8. The van der Waals surface area contributed by atoms with Crippen LogP contribution in [0, 0.1) is 5.92 Å². The molecule has 0 aromatic heterocycles. The van der Waals surface area contributed by atoms with Crippen molar-refractivity contribution in [3.8, 4) is 0 Å². The highest BCUT2D eigenvalue weighted by Crippen LogP contribution is 2.37. The second-order valence-corrected chi connectivity index (χ2v) is 12.2. The highest BCUT2D eigenvalue weighted by Gasteiger charge is 2.37. The summed E-state index contributed by atoms with van der Waals surface area (Å²) in [6.45, 7) is 17.9. The molecule has 0 aliphatic heterocycles. The predicted octanol–water partition coefficient (Wildman–Crippen LogP) is 5.14. The molecule has 3 heteroatoms. The van der Waals surface area contributed by atoms with Crippen molar-refractivity contribution in [2.45, 2.75) is 84.0 Å². The van der Waals surface area contributed by atoms with Crippen molar-refractivity contribution in [2.24, 2.45) is 5.92 Å². The molecule has 2 nitrogen and oxygen atoms in total. The molecule has 0 saturated heterocycles. The Kier molecular flexibility index (Phi) is 8.95. The molecular formula is C17H36O2Si. The van der Waals surface area contributed by atoms with Gasteiger partial charge in [0.1, 0.15) is 0 Å². The molecule has 1 N–H and O–H groups in total. The Labute approximate surface area is 127 Å². The molecule has 20 heavy (non-hydrogen) atoms. The third-order valence-electron chi connectivity index (χ3n) is 4.59. The molecule has 0 rings (SSSR count). The van der Waals surface area contributed by atoms with Crippen LogP contribution in [0.15, 0.2) is 12.7 Å². The van der Waals surface area contributed by atoms with Crippen molar-refractivity contribution in [2.75, 3.05) is 6.61 Å². The van der Waals surface area contributed by atoms with Crippen LogP contribution in [0.25, 0.3) is 0 Å². The van der Waals surface area contributed by atoms with Gasteiger partial charge in [-0.1, -0.05) is 59.5 Å². The quantitative estimate of drug-likeness (QED) is 0.344. The van der Waals surface area contributed by atoms with Gasteiger partial charge in [0.05, 0.1) is 6.10 Å². The standard InChI is InChI=1S/C17H36O2Si/c1-8-10-11-12-13-16(18)15(9-2)14-19-20(6,7)17(3,4)5/h9,15-16,18H,2,8,10-14H2,1,3-7H3/t15-,16-/m1/s1. The Morgan fingerprint density at radius 1 is 1.20 bits per heavy atom. The minimum Gasteiger partial charge on any atom is -0.416 e. The van der Waals surface area contributed by atoms with Crippen LogP contribution in [0.5, 0.6) is 0 Å². The SMILES string of the molecule is C=C[C@H](CO[Si](C)(C)C(C)(C)C)[C@H](O)CCCCCC. The zero-order valence-corrected chi connectivity index (χ0v) is 15.5. The lowest BCUT2D eigenvalue weighted by Gasteiger charge is -2.37. The molecule has 0 aromatic carbocycles. The largest absolute Gasteiger partial charge is 0.416 e. The molecule has 0 aromatic rings. The number of hydrogen-bond donors (Lipinski definition) is 1. The molecule has 120 valence electrons. The molecule has 0 bridgehead atoms. The van der Waals surface area contributed by atoms with Crippen LogP contribution in [0.4, 0.5) is 0 Å². The van der Waals surface area contributed by atoms with Crippen LogP contribution in [-0.2, 0) is 4.43 Å². The third kappa shape index (κ3) is 7.05. The van der Waals surface area contributed by atoms with E-state index in [1.54, 1.807) is 0 Å². The first-order valence-electron chi connectivity index (χ1n) is 8.10. The van der Waals surface area contributed by atoms with Gasteiger partial charge in [0.15, 0.2) is 8.32 Å². The van der Waals surface area contributed by atoms with Gasteiger partial charge in [0.2, 0.25) is 0 Å². The van der Waals surface area contributed by atoms with E-state index in [2.05, 4.69) is 47.4 Å². The summed E-state index contributed by atoms with van der Waals surface area (Å²) >= 11 is 0. The minimum absolute atomic E-state index is 0.0609. The van der Waals surface area contributed by atoms with Crippen LogP contribution in [-0.4, -0.2) is 26.1 Å². The second-order valence-electron chi connectivity index (χ2n) is 7.39. The Hall–Kier alpha value is -0.123.